The van der Waals surface area contributed by atoms with E-state index in [0.29, 0.717) is 60.1 Å². The number of pyridine rings is 1. The predicted molar refractivity (Wildman–Crippen MR) is 162 cm³/mol. The van der Waals surface area contributed by atoms with Crippen LogP contribution in [0.25, 0.3) is 10.9 Å². The highest BCUT2D eigenvalue weighted by molar-refractivity contribution is 7.54. The molecule has 2 aromatic carbocycles. The first-order valence-corrected chi connectivity index (χ1v) is 15.8. The fourth-order valence-corrected chi connectivity index (χ4v) is 5.94. The van der Waals surface area contributed by atoms with Gasteiger partial charge in [-0.15, -0.1) is 0 Å². The molecule has 1 amide bonds. The first kappa shape index (κ1) is 30.4. The number of rotatable bonds is 14. The number of nitrogens with one attached hydrogen (secondary N) is 2. The SMILES string of the molecule is CCOP(=O)(CC(=O)Nc1cc2c(Nc3ccc(OCc4ccccn4)cc3)ncnc2cc1OC1CCOC1)OCC. The second-order valence-electron chi connectivity index (χ2n) is 9.60. The first-order valence-electron chi connectivity index (χ1n) is 14.1. The molecule has 1 fully saturated rings. The minimum Gasteiger partial charge on any atom is -0.487 e. The summed E-state index contributed by atoms with van der Waals surface area (Å²) >= 11 is 0. The van der Waals surface area contributed by atoms with Gasteiger partial charge in [-0.05, 0) is 56.3 Å². The van der Waals surface area contributed by atoms with Gasteiger partial charge in [0.15, 0.2) is 0 Å². The van der Waals surface area contributed by atoms with Gasteiger partial charge >= 0.3 is 7.60 Å². The zero-order valence-electron chi connectivity index (χ0n) is 24.0. The molecule has 1 unspecified atom stereocenters. The van der Waals surface area contributed by atoms with Gasteiger partial charge in [0.25, 0.3) is 0 Å². The standard InChI is InChI=1S/C30H34N5O7P/c1-3-40-43(37,41-4-2)19-29(36)35-27-15-25-26(16-28(27)42-24-12-14-38-18-24)32-20-33-30(25)34-21-8-10-23(11-9-21)39-17-22-7-5-6-13-31-22/h5-11,13,15-16,20,24H,3-4,12,14,17-19H2,1-2H3,(H,35,36)(H,32,33,34). The minimum atomic E-state index is -3.61. The van der Waals surface area contributed by atoms with E-state index in [-0.39, 0.29) is 19.3 Å². The van der Waals surface area contributed by atoms with Crippen LogP contribution < -0.4 is 20.1 Å². The Morgan fingerprint density at radius 3 is 2.56 bits per heavy atom. The van der Waals surface area contributed by atoms with E-state index in [1.807, 2.05) is 42.5 Å². The Kier molecular flexibility index (Phi) is 10.2. The molecule has 2 N–H and O–H groups in total. The molecule has 0 saturated carbocycles. The lowest BCUT2D eigenvalue weighted by atomic mass is 10.1. The van der Waals surface area contributed by atoms with Crippen molar-refractivity contribution in [3.63, 3.8) is 0 Å². The number of aromatic nitrogens is 3. The van der Waals surface area contributed by atoms with Crippen molar-refractivity contribution in [1.29, 1.82) is 0 Å². The van der Waals surface area contributed by atoms with Crippen molar-refractivity contribution in [2.75, 3.05) is 43.2 Å². The summed E-state index contributed by atoms with van der Waals surface area (Å²) in [5, 5.41) is 6.79. The predicted octanol–water partition coefficient (Wildman–Crippen LogP) is 5.72. The molecule has 1 aliphatic heterocycles. The number of nitrogens with zero attached hydrogens (tertiary/aromatic N) is 3. The molecule has 0 aliphatic carbocycles. The lowest BCUT2D eigenvalue weighted by molar-refractivity contribution is -0.114. The normalized spacial score (nSPS) is 14.9. The van der Waals surface area contributed by atoms with E-state index in [2.05, 4.69) is 25.6 Å². The zero-order valence-corrected chi connectivity index (χ0v) is 24.9. The molecule has 2 aromatic heterocycles. The van der Waals surface area contributed by atoms with E-state index in [4.69, 9.17) is 23.3 Å². The largest absolute Gasteiger partial charge is 0.487 e. The molecule has 1 aliphatic rings. The second kappa shape index (κ2) is 14.4. The third-order valence-electron chi connectivity index (χ3n) is 6.41. The highest BCUT2D eigenvalue weighted by Gasteiger charge is 2.29. The highest BCUT2D eigenvalue weighted by Crippen LogP contribution is 2.48. The Hall–Kier alpha value is -4.09. The zero-order chi connectivity index (χ0) is 30.1. The molecule has 0 radical (unpaired) electrons. The Bertz CT molecular complexity index is 1560. The van der Waals surface area contributed by atoms with Crippen LogP contribution in [0.3, 0.4) is 0 Å². The summed E-state index contributed by atoms with van der Waals surface area (Å²) in [6.45, 7) is 5.09. The van der Waals surface area contributed by atoms with Crippen molar-refractivity contribution in [2.24, 2.45) is 0 Å². The molecule has 0 spiro atoms. The van der Waals surface area contributed by atoms with Gasteiger partial charge in [-0.1, -0.05) is 6.07 Å². The first-order chi connectivity index (χ1) is 20.9. The molecular weight excluding hydrogens is 573 g/mol. The van der Waals surface area contributed by atoms with E-state index < -0.39 is 19.7 Å². The summed E-state index contributed by atoms with van der Waals surface area (Å²) in [4.78, 5) is 26.2. The summed E-state index contributed by atoms with van der Waals surface area (Å²) in [5.41, 5.74) is 2.59. The van der Waals surface area contributed by atoms with E-state index >= 15 is 0 Å². The van der Waals surface area contributed by atoms with Crippen molar-refractivity contribution < 1.29 is 32.6 Å². The maximum atomic E-state index is 13.1. The average molecular weight is 608 g/mol. The van der Waals surface area contributed by atoms with Gasteiger partial charge in [-0.3, -0.25) is 14.3 Å². The van der Waals surface area contributed by atoms with Gasteiger partial charge < -0.3 is 33.9 Å². The number of ether oxygens (including phenoxy) is 3. The molecular formula is C30H34N5O7P. The van der Waals surface area contributed by atoms with Crippen LogP contribution in [-0.2, 0) is 29.8 Å². The van der Waals surface area contributed by atoms with Crippen LogP contribution in [0, 0.1) is 0 Å². The summed E-state index contributed by atoms with van der Waals surface area (Å²) in [6, 6.07) is 16.6. The molecule has 1 saturated heterocycles. The Morgan fingerprint density at radius 1 is 1.05 bits per heavy atom. The van der Waals surface area contributed by atoms with Crippen molar-refractivity contribution in [2.45, 2.75) is 33.0 Å². The van der Waals surface area contributed by atoms with Crippen LogP contribution >= 0.6 is 7.60 Å². The summed E-state index contributed by atoms with van der Waals surface area (Å²) in [5.74, 6) is 1.10. The number of carbonyl (C=O) groups excluding carboxylic acids is 1. The fraction of sp³-hybridized carbons (Fsp3) is 0.333. The van der Waals surface area contributed by atoms with Crippen molar-refractivity contribution >= 4 is 41.6 Å². The topological polar surface area (TPSA) is 143 Å². The maximum Gasteiger partial charge on any atom is 0.340 e. The Morgan fingerprint density at radius 2 is 1.86 bits per heavy atom. The monoisotopic (exact) mass is 607 g/mol. The van der Waals surface area contributed by atoms with Gasteiger partial charge in [-0.25, -0.2) is 9.97 Å². The Balaban J connectivity index is 1.37. The number of carbonyl (C=O) groups is 1. The van der Waals surface area contributed by atoms with E-state index in [1.165, 1.54) is 6.33 Å². The van der Waals surface area contributed by atoms with E-state index in [9.17, 15) is 9.36 Å². The average Bonchev–Trinajstić information content (AvgIpc) is 3.51. The minimum absolute atomic E-state index is 0.153. The number of hydrogen-bond donors (Lipinski definition) is 2. The van der Waals surface area contributed by atoms with Crippen molar-refractivity contribution in [3.05, 3.63) is 72.8 Å². The second-order valence-corrected chi connectivity index (χ2v) is 11.7. The van der Waals surface area contributed by atoms with Crippen LogP contribution in [0.15, 0.2) is 67.1 Å². The van der Waals surface area contributed by atoms with Gasteiger partial charge in [0.05, 0.1) is 43.3 Å². The number of anilines is 3. The number of fused-ring (bicyclic) bond motifs is 1. The highest BCUT2D eigenvalue weighted by atomic mass is 31.2. The molecule has 1 atom stereocenters. The van der Waals surface area contributed by atoms with E-state index in [1.54, 1.807) is 32.2 Å². The van der Waals surface area contributed by atoms with Crippen molar-refractivity contribution in [3.8, 4) is 11.5 Å². The molecule has 4 aromatic rings. The number of benzene rings is 2. The van der Waals surface area contributed by atoms with Crippen LogP contribution in [-0.4, -0.2) is 59.6 Å². The molecule has 0 bridgehead atoms. The van der Waals surface area contributed by atoms with Crippen LogP contribution in [0.1, 0.15) is 26.0 Å². The van der Waals surface area contributed by atoms with Gasteiger partial charge in [0.2, 0.25) is 5.91 Å². The molecule has 12 nitrogen and oxygen atoms in total. The fourth-order valence-electron chi connectivity index (χ4n) is 4.46. The maximum absolute atomic E-state index is 13.1. The summed E-state index contributed by atoms with van der Waals surface area (Å²) in [6.07, 6.45) is 3.28. The Labute approximate surface area is 249 Å². The smallest absolute Gasteiger partial charge is 0.340 e. The summed E-state index contributed by atoms with van der Waals surface area (Å²) in [7, 11) is -3.61. The third-order valence-corrected chi connectivity index (χ3v) is 8.39. The van der Waals surface area contributed by atoms with Crippen molar-refractivity contribution in [1.82, 2.24) is 15.0 Å². The van der Waals surface area contributed by atoms with Crippen LogP contribution in [0.4, 0.5) is 17.2 Å². The quantitative estimate of drug-likeness (QED) is 0.170. The molecule has 5 rings (SSSR count). The molecule has 13 heteroatoms. The van der Waals surface area contributed by atoms with Gasteiger partial charge in [0, 0.05) is 29.8 Å². The summed E-state index contributed by atoms with van der Waals surface area (Å²) < 4.78 is 41.1. The number of amides is 1. The van der Waals surface area contributed by atoms with E-state index in [0.717, 1.165) is 11.4 Å². The molecule has 3 heterocycles. The van der Waals surface area contributed by atoms with Crippen LogP contribution in [0.5, 0.6) is 11.5 Å². The van der Waals surface area contributed by atoms with Gasteiger partial charge in [0.1, 0.15) is 42.5 Å². The lowest BCUT2D eigenvalue weighted by Crippen LogP contribution is -2.21. The number of hydrogen-bond acceptors (Lipinski definition) is 11. The molecule has 43 heavy (non-hydrogen) atoms. The molecule has 226 valence electrons. The van der Waals surface area contributed by atoms with Gasteiger partial charge in [-0.2, -0.15) is 0 Å². The van der Waals surface area contributed by atoms with Crippen LogP contribution in [0.2, 0.25) is 0 Å². The third kappa shape index (κ3) is 8.26. The lowest BCUT2D eigenvalue weighted by Gasteiger charge is -2.19.